The lowest BCUT2D eigenvalue weighted by molar-refractivity contribution is -0.140. The van der Waals surface area contributed by atoms with E-state index >= 15 is 0 Å². The number of aromatic nitrogens is 3. The predicted octanol–water partition coefficient (Wildman–Crippen LogP) is 3.57. The molecular formula is C24H28F3N7O2S2. The number of thioether (sulfide) groups is 1. The maximum atomic E-state index is 13.2. The number of anilines is 1. The number of nitrogens with one attached hydrogen (secondary N) is 2. The first kappa shape index (κ1) is 26.9. The van der Waals surface area contributed by atoms with Gasteiger partial charge in [-0.2, -0.15) is 13.2 Å². The molecule has 5 heterocycles. The van der Waals surface area contributed by atoms with Crippen LogP contribution in [0.15, 0.2) is 22.7 Å². The topological polar surface area (TPSA) is 103 Å². The highest BCUT2D eigenvalue weighted by Gasteiger charge is 2.36. The Hall–Kier alpha value is -2.71. The predicted molar refractivity (Wildman–Crippen MR) is 139 cm³/mol. The third kappa shape index (κ3) is 5.96. The smallest absolute Gasteiger partial charge is 0.355 e. The number of nitrogens with zero attached hydrogens (tertiary/aromatic N) is 5. The summed E-state index contributed by atoms with van der Waals surface area (Å²) < 4.78 is 39.6. The fourth-order valence-corrected chi connectivity index (χ4v) is 6.86. The highest BCUT2D eigenvalue weighted by atomic mass is 32.2. The van der Waals surface area contributed by atoms with Crippen LogP contribution in [0.5, 0.6) is 0 Å². The minimum Gasteiger partial charge on any atom is -0.355 e. The van der Waals surface area contributed by atoms with Crippen molar-refractivity contribution in [2.45, 2.75) is 50.3 Å². The van der Waals surface area contributed by atoms with E-state index in [1.54, 1.807) is 6.20 Å². The summed E-state index contributed by atoms with van der Waals surface area (Å²) in [5, 5.41) is 7.28. The molecule has 2 unspecified atom stereocenters. The molecule has 2 saturated heterocycles. The summed E-state index contributed by atoms with van der Waals surface area (Å²) in [4.78, 5) is 41.6. The zero-order valence-corrected chi connectivity index (χ0v) is 22.3. The van der Waals surface area contributed by atoms with E-state index in [-0.39, 0.29) is 16.6 Å². The van der Waals surface area contributed by atoms with Crippen LogP contribution in [0.4, 0.5) is 19.0 Å². The van der Waals surface area contributed by atoms with Crippen molar-refractivity contribution in [3.05, 3.63) is 39.1 Å². The summed E-state index contributed by atoms with van der Waals surface area (Å²) in [6, 6.07) is 0.373. The number of amides is 1. The van der Waals surface area contributed by atoms with Crippen LogP contribution in [0.1, 0.15) is 53.8 Å². The lowest BCUT2D eigenvalue weighted by atomic mass is 9.99. The second-order valence-electron chi connectivity index (χ2n) is 9.63. The molecule has 2 fully saturated rings. The molecule has 204 valence electrons. The average molecular weight is 568 g/mol. The molecule has 3 aliphatic rings. The normalized spacial score (nSPS) is 23.1. The first-order valence-electron chi connectivity index (χ1n) is 12.5. The van der Waals surface area contributed by atoms with Crippen molar-refractivity contribution >= 4 is 46.8 Å². The number of hydrogen-bond donors (Lipinski definition) is 2. The highest BCUT2D eigenvalue weighted by Crippen LogP contribution is 2.39. The molecule has 0 radical (unpaired) electrons. The summed E-state index contributed by atoms with van der Waals surface area (Å²) in [5.74, 6) is 0.274. The van der Waals surface area contributed by atoms with Gasteiger partial charge in [-0.15, -0.1) is 11.3 Å². The number of aldehydes is 1. The molecule has 0 saturated carbocycles. The Balaban J connectivity index is 1.26. The second kappa shape index (κ2) is 11.2. The van der Waals surface area contributed by atoms with E-state index in [1.165, 1.54) is 18.0 Å². The van der Waals surface area contributed by atoms with Gasteiger partial charge in [0.2, 0.25) is 0 Å². The van der Waals surface area contributed by atoms with E-state index in [1.807, 2.05) is 4.90 Å². The van der Waals surface area contributed by atoms with Crippen LogP contribution in [0.2, 0.25) is 0 Å². The van der Waals surface area contributed by atoms with Gasteiger partial charge in [0.05, 0.1) is 18.1 Å². The van der Waals surface area contributed by atoms with Gasteiger partial charge in [-0.25, -0.2) is 15.0 Å². The van der Waals surface area contributed by atoms with E-state index in [0.29, 0.717) is 37.2 Å². The number of carbonyl (C=O) groups is 2. The molecule has 2 aromatic heterocycles. The standard InChI is InChI=1S/C24H28F3N7O2S2/c1-14-3-2-6-34(14)11-17-20(22-30-18(13-37-22)24(25,26)27)31-23(38-17)32-21(36)16-9-29-19(10-28-16)33-7-4-15(12-35)5-8-33/h9-10,12-15,23,31H,2-8,11H2,1H3,(H,32,36). The number of alkyl halides is 3. The Kier molecular flexibility index (Phi) is 7.91. The largest absolute Gasteiger partial charge is 0.434 e. The monoisotopic (exact) mass is 567 g/mol. The first-order chi connectivity index (χ1) is 18.2. The Bertz CT molecular complexity index is 1200. The molecule has 14 heteroatoms. The quantitative estimate of drug-likeness (QED) is 0.486. The van der Waals surface area contributed by atoms with E-state index in [0.717, 1.165) is 60.1 Å². The van der Waals surface area contributed by atoms with Gasteiger partial charge in [-0.05, 0) is 39.2 Å². The number of hydrogen-bond acceptors (Lipinski definition) is 10. The Labute approximate surface area is 226 Å². The highest BCUT2D eigenvalue weighted by molar-refractivity contribution is 8.04. The van der Waals surface area contributed by atoms with Gasteiger partial charge < -0.3 is 20.3 Å². The van der Waals surface area contributed by atoms with Crippen molar-refractivity contribution in [2.24, 2.45) is 5.92 Å². The van der Waals surface area contributed by atoms with Gasteiger partial charge in [-0.3, -0.25) is 9.69 Å². The first-order valence-corrected chi connectivity index (χ1v) is 14.2. The maximum Gasteiger partial charge on any atom is 0.434 e. The Morgan fingerprint density at radius 3 is 2.61 bits per heavy atom. The molecule has 0 spiro atoms. The van der Waals surface area contributed by atoms with Crippen LogP contribution >= 0.6 is 23.1 Å². The Morgan fingerprint density at radius 2 is 2.00 bits per heavy atom. The zero-order valence-electron chi connectivity index (χ0n) is 20.7. The lowest BCUT2D eigenvalue weighted by Crippen LogP contribution is -2.40. The number of carbonyl (C=O) groups excluding carboxylic acids is 2. The minimum absolute atomic E-state index is 0.0715. The van der Waals surface area contributed by atoms with Crippen LogP contribution in [-0.4, -0.2) is 69.8 Å². The second-order valence-corrected chi connectivity index (χ2v) is 11.7. The van der Waals surface area contributed by atoms with Gasteiger partial charge in [0.15, 0.2) is 11.2 Å². The Morgan fingerprint density at radius 1 is 1.21 bits per heavy atom. The SMILES string of the molecule is CC1CCCN1CC1=C(c2nc(C(F)(F)F)cs2)NC(NC(=O)c2cnc(N3CCC(C=O)CC3)cn2)S1. The minimum atomic E-state index is -4.52. The summed E-state index contributed by atoms with van der Waals surface area (Å²) in [5.41, 5.74) is -0.868. The summed E-state index contributed by atoms with van der Waals surface area (Å²) in [7, 11) is 0. The fourth-order valence-electron chi connectivity index (χ4n) is 4.80. The van der Waals surface area contributed by atoms with Crippen molar-refractivity contribution in [3.8, 4) is 0 Å². The van der Waals surface area contributed by atoms with Gasteiger partial charge in [0, 0.05) is 41.9 Å². The molecule has 0 bridgehead atoms. The van der Waals surface area contributed by atoms with Crippen LogP contribution in [0.3, 0.4) is 0 Å². The molecule has 1 amide bonds. The number of halogens is 3. The molecule has 5 rings (SSSR count). The maximum absolute atomic E-state index is 13.2. The van der Waals surface area contributed by atoms with Gasteiger partial charge >= 0.3 is 6.18 Å². The van der Waals surface area contributed by atoms with E-state index in [2.05, 4.69) is 37.4 Å². The van der Waals surface area contributed by atoms with Gasteiger partial charge in [0.25, 0.3) is 5.91 Å². The molecule has 0 aliphatic carbocycles. The van der Waals surface area contributed by atoms with Crippen LogP contribution in [0.25, 0.3) is 5.70 Å². The zero-order chi connectivity index (χ0) is 26.9. The number of rotatable bonds is 7. The number of likely N-dealkylation sites (tertiary alicyclic amines) is 1. The van der Waals surface area contributed by atoms with Gasteiger partial charge in [-0.1, -0.05) is 11.8 Å². The van der Waals surface area contributed by atoms with Crippen molar-refractivity contribution in [3.63, 3.8) is 0 Å². The van der Waals surface area contributed by atoms with E-state index < -0.39 is 23.3 Å². The van der Waals surface area contributed by atoms with Crippen molar-refractivity contribution in [1.29, 1.82) is 0 Å². The molecule has 38 heavy (non-hydrogen) atoms. The lowest BCUT2D eigenvalue weighted by Gasteiger charge is -2.30. The third-order valence-corrected chi connectivity index (χ3v) is 9.00. The number of thiazole rings is 1. The molecule has 2 atom stereocenters. The van der Waals surface area contributed by atoms with Crippen LogP contribution in [0, 0.1) is 5.92 Å². The van der Waals surface area contributed by atoms with E-state index in [9.17, 15) is 22.8 Å². The van der Waals surface area contributed by atoms with E-state index in [4.69, 9.17) is 0 Å². The molecule has 2 aromatic rings. The molecular weight excluding hydrogens is 539 g/mol. The molecule has 3 aliphatic heterocycles. The fraction of sp³-hybridized carbons (Fsp3) is 0.542. The summed E-state index contributed by atoms with van der Waals surface area (Å²) in [6.45, 7) is 5.02. The number of piperidine rings is 1. The van der Waals surface area contributed by atoms with Gasteiger partial charge in [0.1, 0.15) is 22.8 Å². The van der Waals surface area contributed by atoms with Crippen molar-refractivity contribution in [2.75, 3.05) is 31.1 Å². The summed E-state index contributed by atoms with van der Waals surface area (Å²) >= 11 is 2.29. The summed E-state index contributed by atoms with van der Waals surface area (Å²) in [6.07, 6.45) is 3.09. The average Bonchev–Trinajstić information content (AvgIpc) is 3.65. The molecule has 9 nitrogen and oxygen atoms in total. The molecule has 0 aromatic carbocycles. The van der Waals surface area contributed by atoms with Crippen LogP contribution in [-0.2, 0) is 11.0 Å². The molecule has 2 N–H and O–H groups in total. The van der Waals surface area contributed by atoms with Crippen molar-refractivity contribution < 1.29 is 22.8 Å². The van der Waals surface area contributed by atoms with Crippen LogP contribution < -0.4 is 15.5 Å². The van der Waals surface area contributed by atoms with Crippen molar-refractivity contribution in [1.82, 2.24) is 30.5 Å². The third-order valence-electron chi connectivity index (χ3n) is 7.05.